The molecule has 1 aromatic heterocycles. The quantitative estimate of drug-likeness (QED) is 0.339. The summed E-state index contributed by atoms with van der Waals surface area (Å²) in [5.74, 6) is -0.365. The zero-order chi connectivity index (χ0) is 27.6. The van der Waals surface area contributed by atoms with Gasteiger partial charge in [-0.05, 0) is 49.1 Å². The van der Waals surface area contributed by atoms with Gasteiger partial charge in [0.1, 0.15) is 0 Å². The van der Waals surface area contributed by atoms with Crippen LogP contribution in [0.5, 0.6) is 11.5 Å². The van der Waals surface area contributed by atoms with Gasteiger partial charge in [0.25, 0.3) is 5.56 Å². The maximum atomic E-state index is 13.8. The van der Waals surface area contributed by atoms with E-state index in [9.17, 15) is 14.4 Å². The molecular formula is C29H30N2O6S. The Kier molecular flexibility index (Phi) is 7.97. The van der Waals surface area contributed by atoms with Crippen molar-refractivity contribution in [1.82, 2.24) is 4.57 Å². The predicted octanol–water partition coefficient (Wildman–Crippen LogP) is 3.68. The molecule has 0 saturated heterocycles. The van der Waals surface area contributed by atoms with E-state index in [0.717, 1.165) is 11.1 Å². The number of carbonyl (C=O) groups is 2. The lowest BCUT2D eigenvalue weighted by Gasteiger charge is -2.25. The Morgan fingerprint density at radius 3 is 2.45 bits per heavy atom. The molecule has 0 radical (unpaired) electrons. The van der Waals surface area contributed by atoms with Gasteiger partial charge < -0.3 is 14.2 Å². The number of ether oxygens (including phenoxy) is 3. The molecule has 2 heterocycles. The second-order valence-electron chi connectivity index (χ2n) is 9.49. The minimum Gasteiger partial charge on any atom is -0.493 e. The summed E-state index contributed by atoms with van der Waals surface area (Å²) in [6.07, 6.45) is 1.82. The van der Waals surface area contributed by atoms with E-state index in [1.807, 2.05) is 51.1 Å². The Balaban J connectivity index is 1.92. The summed E-state index contributed by atoms with van der Waals surface area (Å²) in [4.78, 5) is 43.8. The van der Waals surface area contributed by atoms with E-state index >= 15 is 0 Å². The number of thiazole rings is 1. The largest absolute Gasteiger partial charge is 0.493 e. The molecule has 38 heavy (non-hydrogen) atoms. The Labute approximate surface area is 224 Å². The van der Waals surface area contributed by atoms with Crippen LogP contribution in [0.3, 0.4) is 0 Å². The summed E-state index contributed by atoms with van der Waals surface area (Å²) >= 11 is 1.26. The zero-order valence-corrected chi connectivity index (χ0v) is 23.0. The number of methoxy groups -OCH3 is 1. The number of benzene rings is 2. The number of fused-ring (bicyclic) bond motifs is 1. The molecular weight excluding hydrogens is 504 g/mol. The molecule has 0 amide bonds. The first kappa shape index (κ1) is 27.1. The Bertz CT molecular complexity index is 1600. The SMILES string of the molecule is COc1cc([C@H]2C(C(=O)OCC(C)C)=C(C)N=c3s/c(=C/c4ccc(C)cc4)c(=O)n32)ccc1OC(C)=O. The Morgan fingerprint density at radius 2 is 1.82 bits per heavy atom. The van der Waals surface area contributed by atoms with Crippen LogP contribution in [0.4, 0.5) is 0 Å². The van der Waals surface area contributed by atoms with Crippen molar-refractivity contribution in [3.63, 3.8) is 0 Å². The molecule has 8 nitrogen and oxygen atoms in total. The van der Waals surface area contributed by atoms with Gasteiger partial charge in [0.2, 0.25) is 0 Å². The van der Waals surface area contributed by atoms with Crippen LogP contribution in [0.1, 0.15) is 50.4 Å². The Hall–Kier alpha value is -3.98. The van der Waals surface area contributed by atoms with Crippen LogP contribution in [-0.4, -0.2) is 30.2 Å². The second kappa shape index (κ2) is 11.2. The molecule has 1 atom stereocenters. The minimum absolute atomic E-state index is 0.136. The van der Waals surface area contributed by atoms with E-state index in [0.29, 0.717) is 26.3 Å². The van der Waals surface area contributed by atoms with Crippen LogP contribution >= 0.6 is 11.3 Å². The van der Waals surface area contributed by atoms with Gasteiger partial charge >= 0.3 is 11.9 Å². The summed E-state index contributed by atoms with van der Waals surface area (Å²) < 4.78 is 18.3. The maximum absolute atomic E-state index is 13.8. The molecule has 3 aromatic rings. The highest BCUT2D eigenvalue weighted by Crippen LogP contribution is 2.36. The topological polar surface area (TPSA) is 96.2 Å². The zero-order valence-electron chi connectivity index (χ0n) is 22.2. The van der Waals surface area contributed by atoms with E-state index in [4.69, 9.17) is 14.2 Å². The third-order valence-electron chi connectivity index (χ3n) is 5.92. The molecule has 198 valence electrons. The molecule has 9 heteroatoms. The fraction of sp³-hybridized carbons (Fsp3) is 0.310. The van der Waals surface area contributed by atoms with Crippen molar-refractivity contribution < 1.29 is 23.8 Å². The second-order valence-corrected chi connectivity index (χ2v) is 10.5. The number of rotatable bonds is 7. The first-order chi connectivity index (χ1) is 18.1. The predicted molar refractivity (Wildman–Crippen MR) is 145 cm³/mol. The highest BCUT2D eigenvalue weighted by molar-refractivity contribution is 7.07. The van der Waals surface area contributed by atoms with Crippen molar-refractivity contribution >= 4 is 29.4 Å². The van der Waals surface area contributed by atoms with E-state index in [2.05, 4.69) is 4.99 Å². The van der Waals surface area contributed by atoms with E-state index < -0.39 is 18.0 Å². The van der Waals surface area contributed by atoms with Crippen molar-refractivity contribution in [2.45, 2.75) is 40.7 Å². The summed E-state index contributed by atoms with van der Waals surface area (Å²) in [7, 11) is 1.46. The monoisotopic (exact) mass is 534 g/mol. The summed E-state index contributed by atoms with van der Waals surface area (Å²) in [5.41, 5.74) is 3.06. The molecule has 1 aliphatic rings. The van der Waals surface area contributed by atoms with Gasteiger partial charge in [-0.3, -0.25) is 14.2 Å². The number of carbonyl (C=O) groups excluding carboxylic acids is 2. The average molecular weight is 535 g/mol. The van der Waals surface area contributed by atoms with Crippen LogP contribution in [0.15, 0.2) is 63.5 Å². The fourth-order valence-corrected chi connectivity index (χ4v) is 5.17. The van der Waals surface area contributed by atoms with Crippen LogP contribution < -0.4 is 24.4 Å². The summed E-state index contributed by atoms with van der Waals surface area (Å²) in [6.45, 7) is 9.17. The third-order valence-corrected chi connectivity index (χ3v) is 6.90. The van der Waals surface area contributed by atoms with Crippen molar-refractivity contribution in [1.29, 1.82) is 0 Å². The maximum Gasteiger partial charge on any atom is 0.338 e. The number of nitrogens with zero attached hydrogens (tertiary/aromatic N) is 2. The number of hydrogen-bond acceptors (Lipinski definition) is 8. The van der Waals surface area contributed by atoms with Gasteiger partial charge in [0.15, 0.2) is 16.3 Å². The van der Waals surface area contributed by atoms with Gasteiger partial charge in [0, 0.05) is 6.92 Å². The van der Waals surface area contributed by atoms with Gasteiger partial charge in [-0.1, -0.05) is 61.1 Å². The van der Waals surface area contributed by atoms with E-state index in [1.54, 1.807) is 25.1 Å². The molecule has 0 fully saturated rings. The van der Waals surface area contributed by atoms with Crippen molar-refractivity contribution in [2.24, 2.45) is 10.9 Å². The average Bonchev–Trinajstić information content (AvgIpc) is 3.17. The standard InChI is InChI=1S/C29H30N2O6S/c1-16(2)15-36-28(34)25-18(4)30-29-31(27(33)24(38-29)13-20-9-7-17(3)8-10-20)26(25)21-11-12-22(37-19(5)32)23(14-21)35-6/h7-14,16,26H,15H2,1-6H3/b24-13+/t26-/m0/s1. The third kappa shape index (κ3) is 5.62. The molecule has 0 aliphatic carbocycles. The summed E-state index contributed by atoms with van der Waals surface area (Å²) in [5, 5.41) is 0. The van der Waals surface area contributed by atoms with Gasteiger partial charge in [-0.15, -0.1) is 0 Å². The van der Waals surface area contributed by atoms with Crippen LogP contribution in [0.25, 0.3) is 6.08 Å². The van der Waals surface area contributed by atoms with E-state index in [-0.39, 0.29) is 29.4 Å². The highest BCUT2D eigenvalue weighted by Gasteiger charge is 2.34. The Morgan fingerprint density at radius 1 is 1.11 bits per heavy atom. The smallest absolute Gasteiger partial charge is 0.338 e. The number of allylic oxidation sites excluding steroid dienone is 1. The normalized spacial score (nSPS) is 15.2. The molecule has 2 aromatic carbocycles. The molecule has 0 bridgehead atoms. The summed E-state index contributed by atoms with van der Waals surface area (Å²) in [6, 6.07) is 12.0. The number of esters is 2. The molecule has 0 N–H and O–H groups in total. The molecule has 0 unspecified atom stereocenters. The van der Waals surface area contributed by atoms with Crippen LogP contribution in [-0.2, 0) is 14.3 Å². The minimum atomic E-state index is -0.814. The van der Waals surface area contributed by atoms with Crippen molar-refractivity contribution in [3.8, 4) is 11.5 Å². The van der Waals surface area contributed by atoms with Gasteiger partial charge in [-0.2, -0.15) is 0 Å². The molecule has 0 spiro atoms. The first-order valence-corrected chi connectivity index (χ1v) is 13.0. The lowest BCUT2D eigenvalue weighted by atomic mass is 9.95. The molecule has 1 aliphatic heterocycles. The fourth-order valence-electron chi connectivity index (χ4n) is 4.13. The lowest BCUT2D eigenvalue weighted by Crippen LogP contribution is -2.40. The molecule has 0 saturated carbocycles. The van der Waals surface area contributed by atoms with Crippen molar-refractivity contribution in [2.75, 3.05) is 13.7 Å². The number of aryl methyl sites for hydroxylation is 1. The van der Waals surface area contributed by atoms with Gasteiger partial charge in [0.05, 0.1) is 35.6 Å². The van der Waals surface area contributed by atoms with Crippen molar-refractivity contribution in [3.05, 3.63) is 90.1 Å². The number of aromatic nitrogens is 1. The van der Waals surface area contributed by atoms with Crippen LogP contribution in [0, 0.1) is 12.8 Å². The lowest BCUT2D eigenvalue weighted by molar-refractivity contribution is -0.140. The highest BCUT2D eigenvalue weighted by atomic mass is 32.1. The van der Waals surface area contributed by atoms with Crippen LogP contribution in [0.2, 0.25) is 0 Å². The molecule has 4 rings (SSSR count). The van der Waals surface area contributed by atoms with E-state index in [1.165, 1.54) is 29.9 Å². The number of hydrogen-bond donors (Lipinski definition) is 0. The van der Waals surface area contributed by atoms with Gasteiger partial charge in [-0.25, -0.2) is 9.79 Å². The first-order valence-electron chi connectivity index (χ1n) is 12.2.